The zero-order valence-corrected chi connectivity index (χ0v) is 19.8. The van der Waals surface area contributed by atoms with Crippen molar-refractivity contribution in [3.63, 3.8) is 0 Å². The van der Waals surface area contributed by atoms with Gasteiger partial charge in [0.25, 0.3) is 5.91 Å². The number of amidine groups is 1. The Morgan fingerprint density at radius 2 is 1.76 bits per heavy atom. The van der Waals surface area contributed by atoms with Crippen LogP contribution in [0, 0.1) is 12.7 Å². The van der Waals surface area contributed by atoms with E-state index in [0.717, 1.165) is 17.3 Å². The van der Waals surface area contributed by atoms with Crippen molar-refractivity contribution in [2.45, 2.75) is 50.9 Å². The Balaban J connectivity index is 2.07. The van der Waals surface area contributed by atoms with Crippen LogP contribution in [0.1, 0.15) is 44.4 Å². The highest BCUT2D eigenvalue weighted by atomic mass is 32.2. The molecule has 7 nitrogen and oxygen atoms in total. The molecule has 174 valence electrons. The second-order valence-electron chi connectivity index (χ2n) is 8.89. The third-order valence-corrected chi connectivity index (χ3v) is 5.88. The van der Waals surface area contributed by atoms with Gasteiger partial charge in [-0.15, -0.1) is 0 Å². The Labute approximate surface area is 196 Å². The third kappa shape index (κ3) is 6.19. The minimum Gasteiger partial charge on any atom is -0.378 e. The molecule has 0 radical (unpaired) electrons. The largest absolute Gasteiger partial charge is 0.378 e. The Hall–Kier alpha value is -3.20. The quantitative estimate of drug-likeness (QED) is 0.673. The van der Waals surface area contributed by atoms with Gasteiger partial charge in [0.05, 0.1) is 0 Å². The molecule has 9 heteroatoms. The summed E-state index contributed by atoms with van der Waals surface area (Å²) in [4.78, 5) is 44.2. The molecule has 33 heavy (non-hydrogen) atoms. The summed E-state index contributed by atoms with van der Waals surface area (Å²) < 4.78 is 13.7. The van der Waals surface area contributed by atoms with E-state index < -0.39 is 40.4 Å². The highest BCUT2D eigenvalue weighted by Gasteiger charge is 2.37. The van der Waals surface area contributed by atoms with Gasteiger partial charge in [0.2, 0.25) is 11.8 Å². The van der Waals surface area contributed by atoms with E-state index >= 15 is 0 Å². The van der Waals surface area contributed by atoms with Crippen LogP contribution in [-0.4, -0.2) is 33.7 Å². The molecule has 0 aliphatic carbocycles. The predicted molar refractivity (Wildman–Crippen MR) is 128 cm³/mol. The van der Waals surface area contributed by atoms with Crippen molar-refractivity contribution in [3.8, 4) is 0 Å². The van der Waals surface area contributed by atoms with Gasteiger partial charge in [0.15, 0.2) is 5.17 Å². The first-order valence-electron chi connectivity index (χ1n) is 10.5. The number of nitrogens with one attached hydrogen (secondary N) is 1. The molecule has 3 rings (SSSR count). The lowest BCUT2D eigenvalue weighted by Crippen LogP contribution is -2.50. The van der Waals surface area contributed by atoms with Gasteiger partial charge in [-0.2, -0.15) is 4.99 Å². The third-order valence-electron chi connectivity index (χ3n) is 4.89. The molecule has 0 spiro atoms. The van der Waals surface area contributed by atoms with Crippen molar-refractivity contribution >= 4 is 40.3 Å². The molecule has 0 saturated heterocycles. The molecule has 0 saturated carbocycles. The lowest BCUT2D eigenvalue weighted by molar-refractivity contribution is -0.128. The van der Waals surface area contributed by atoms with Crippen LogP contribution in [0.2, 0.25) is 0 Å². The number of aliphatic imine (C=N–C) groups is 1. The van der Waals surface area contributed by atoms with Crippen LogP contribution in [0.5, 0.6) is 0 Å². The molecule has 1 aliphatic rings. The maximum Gasteiger partial charge on any atom is 0.262 e. The average molecular weight is 471 g/mol. The Kier molecular flexibility index (Phi) is 7.22. The summed E-state index contributed by atoms with van der Waals surface area (Å²) in [5, 5.41) is 2.27. The van der Waals surface area contributed by atoms with Crippen molar-refractivity contribution in [1.29, 1.82) is 0 Å². The SMILES string of the molecule is Cc1ccc(C(C(=O)NC(C)(C)C)N(C(=O)CC2SC(N)=NC2=O)c2ccc(F)cc2)cc1. The van der Waals surface area contributed by atoms with Gasteiger partial charge in [-0.1, -0.05) is 41.6 Å². The molecule has 3 amide bonds. The number of aryl methyl sites for hydroxylation is 1. The molecular weight excluding hydrogens is 443 g/mol. The van der Waals surface area contributed by atoms with E-state index in [2.05, 4.69) is 10.3 Å². The number of hydrogen-bond acceptors (Lipinski definition) is 5. The minimum atomic E-state index is -1.04. The number of benzene rings is 2. The summed E-state index contributed by atoms with van der Waals surface area (Å²) in [5.41, 5.74) is 6.99. The van der Waals surface area contributed by atoms with Gasteiger partial charge < -0.3 is 11.1 Å². The fourth-order valence-corrected chi connectivity index (χ4v) is 4.25. The van der Waals surface area contributed by atoms with Crippen molar-refractivity contribution in [1.82, 2.24) is 5.32 Å². The summed E-state index contributed by atoms with van der Waals surface area (Å²) in [6.07, 6.45) is -0.212. The van der Waals surface area contributed by atoms with Crippen LogP contribution in [0.25, 0.3) is 0 Å². The summed E-state index contributed by atoms with van der Waals surface area (Å²) in [6, 6.07) is 11.5. The number of nitrogens with zero attached hydrogens (tertiary/aromatic N) is 2. The van der Waals surface area contributed by atoms with E-state index in [1.54, 1.807) is 12.1 Å². The van der Waals surface area contributed by atoms with Crippen LogP contribution in [0.15, 0.2) is 53.5 Å². The van der Waals surface area contributed by atoms with Gasteiger partial charge in [-0.3, -0.25) is 19.3 Å². The maximum absolute atomic E-state index is 13.7. The number of hydrogen-bond donors (Lipinski definition) is 2. The molecule has 2 aromatic carbocycles. The summed E-state index contributed by atoms with van der Waals surface area (Å²) in [7, 11) is 0. The molecule has 1 aliphatic heterocycles. The zero-order valence-electron chi connectivity index (χ0n) is 19.0. The summed E-state index contributed by atoms with van der Waals surface area (Å²) >= 11 is 1.02. The maximum atomic E-state index is 13.7. The molecule has 2 unspecified atom stereocenters. The molecule has 0 bridgehead atoms. The number of thioether (sulfide) groups is 1. The van der Waals surface area contributed by atoms with Gasteiger partial charge in [-0.05, 0) is 57.5 Å². The van der Waals surface area contributed by atoms with E-state index in [9.17, 15) is 18.8 Å². The highest BCUT2D eigenvalue weighted by Crippen LogP contribution is 2.32. The first-order valence-corrected chi connectivity index (χ1v) is 11.3. The number of carbonyl (C=O) groups excluding carboxylic acids is 3. The van der Waals surface area contributed by atoms with Crippen molar-refractivity contribution in [3.05, 3.63) is 65.5 Å². The topological polar surface area (TPSA) is 105 Å². The molecular formula is C24H27FN4O3S. The van der Waals surface area contributed by atoms with Crippen LogP contribution in [0.3, 0.4) is 0 Å². The highest BCUT2D eigenvalue weighted by molar-refractivity contribution is 8.15. The molecule has 0 aromatic heterocycles. The van der Waals surface area contributed by atoms with Crippen molar-refractivity contribution in [2.24, 2.45) is 10.7 Å². The summed E-state index contributed by atoms with van der Waals surface area (Å²) in [5.74, 6) is -1.84. The van der Waals surface area contributed by atoms with Crippen LogP contribution >= 0.6 is 11.8 Å². The van der Waals surface area contributed by atoms with E-state index in [4.69, 9.17) is 5.73 Å². The van der Waals surface area contributed by atoms with Crippen LogP contribution in [0.4, 0.5) is 10.1 Å². The zero-order chi connectivity index (χ0) is 24.3. The van der Waals surface area contributed by atoms with Crippen LogP contribution in [-0.2, 0) is 14.4 Å². The monoisotopic (exact) mass is 470 g/mol. The van der Waals surface area contributed by atoms with Crippen molar-refractivity contribution in [2.75, 3.05) is 4.90 Å². The average Bonchev–Trinajstić information content (AvgIpc) is 3.03. The number of carbonyl (C=O) groups is 3. The van der Waals surface area contributed by atoms with E-state index in [1.807, 2.05) is 39.8 Å². The Morgan fingerprint density at radius 1 is 1.15 bits per heavy atom. The normalized spacial score (nSPS) is 16.8. The predicted octanol–water partition coefficient (Wildman–Crippen LogP) is 3.47. The molecule has 2 aromatic rings. The fourth-order valence-electron chi connectivity index (χ4n) is 3.43. The minimum absolute atomic E-state index is 0.103. The number of halogens is 1. The molecule has 3 N–H and O–H groups in total. The van der Waals surface area contributed by atoms with E-state index in [1.165, 1.54) is 29.2 Å². The van der Waals surface area contributed by atoms with Gasteiger partial charge >= 0.3 is 0 Å². The van der Waals surface area contributed by atoms with Gasteiger partial charge in [0, 0.05) is 17.6 Å². The Morgan fingerprint density at radius 3 is 2.27 bits per heavy atom. The second kappa shape index (κ2) is 9.74. The number of nitrogens with two attached hydrogens (primary N) is 1. The fraction of sp³-hybridized carbons (Fsp3) is 0.333. The van der Waals surface area contributed by atoms with Crippen LogP contribution < -0.4 is 16.0 Å². The van der Waals surface area contributed by atoms with Gasteiger partial charge in [-0.25, -0.2) is 4.39 Å². The first-order chi connectivity index (χ1) is 15.4. The number of anilines is 1. The first kappa shape index (κ1) is 24.4. The Bertz CT molecular complexity index is 1080. The van der Waals surface area contributed by atoms with Gasteiger partial charge in [0.1, 0.15) is 17.1 Å². The summed E-state index contributed by atoms with van der Waals surface area (Å²) in [6.45, 7) is 7.45. The molecule has 1 heterocycles. The molecule has 0 fully saturated rings. The van der Waals surface area contributed by atoms with E-state index in [-0.39, 0.29) is 11.6 Å². The molecule has 2 atom stereocenters. The number of rotatable bonds is 6. The number of amides is 3. The lowest BCUT2D eigenvalue weighted by Gasteiger charge is -2.34. The lowest BCUT2D eigenvalue weighted by atomic mass is 9.99. The standard InChI is InChI=1S/C24H27FN4O3S/c1-14-5-7-15(8-6-14)20(22(32)28-24(2,3)4)29(17-11-9-16(25)10-12-17)19(30)13-18-21(31)27-23(26)33-18/h5-12,18,20H,13H2,1-4H3,(H,28,32)(H2,26,27,31). The van der Waals surface area contributed by atoms with Crippen molar-refractivity contribution < 1.29 is 18.8 Å². The second-order valence-corrected chi connectivity index (χ2v) is 10.1. The van der Waals surface area contributed by atoms with E-state index in [0.29, 0.717) is 11.3 Å². The smallest absolute Gasteiger partial charge is 0.262 e.